The SMILES string of the molecule is CCOc1ccccc1-c1cc[c]cn1. The minimum absolute atomic E-state index is 0.663. The summed E-state index contributed by atoms with van der Waals surface area (Å²) in [5.41, 5.74) is 1.94. The first-order valence-corrected chi connectivity index (χ1v) is 4.96. The number of hydrogen-bond acceptors (Lipinski definition) is 2. The summed E-state index contributed by atoms with van der Waals surface area (Å²) in [7, 11) is 0. The van der Waals surface area contributed by atoms with E-state index in [4.69, 9.17) is 4.74 Å². The van der Waals surface area contributed by atoms with Crippen LogP contribution in [0.4, 0.5) is 0 Å². The van der Waals surface area contributed by atoms with Gasteiger partial charge in [0, 0.05) is 17.8 Å². The lowest BCUT2D eigenvalue weighted by molar-refractivity contribution is 0.341. The van der Waals surface area contributed by atoms with Gasteiger partial charge in [-0.1, -0.05) is 18.2 Å². The molecule has 2 aromatic rings. The van der Waals surface area contributed by atoms with Crippen LogP contribution in [0, 0.1) is 6.07 Å². The van der Waals surface area contributed by atoms with E-state index in [0.717, 1.165) is 17.0 Å². The number of aromatic nitrogens is 1. The van der Waals surface area contributed by atoms with Crippen LogP contribution in [0.25, 0.3) is 11.3 Å². The summed E-state index contributed by atoms with van der Waals surface area (Å²) < 4.78 is 5.54. The first-order chi connectivity index (χ1) is 7.42. The smallest absolute Gasteiger partial charge is 0.128 e. The lowest BCUT2D eigenvalue weighted by Gasteiger charge is -2.08. The maximum absolute atomic E-state index is 5.54. The van der Waals surface area contributed by atoms with Crippen LogP contribution in [0.15, 0.2) is 42.6 Å². The number of nitrogens with zero attached hydrogens (tertiary/aromatic N) is 1. The van der Waals surface area contributed by atoms with Gasteiger partial charge in [0.25, 0.3) is 0 Å². The summed E-state index contributed by atoms with van der Waals surface area (Å²) >= 11 is 0. The molecule has 0 saturated carbocycles. The summed E-state index contributed by atoms with van der Waals surface area (Å²) in [6.45, 7) is 2.64. The van der Waals surface area contributed by atoms with E-state index in [9.17, 15) is 0 Å². The third-order valence-electron chi connectivity index (χ3n) is 2.08. The van der Waals surface area contributed by atoms with Gasteiger partial charge in [0.1, 0.15) is 5.75 Å². The van der Waals surface area contributed by atoms with E-state index in [2.05, 4.69) is 11.1 Å². The molecule has 15 heavy (non-hydrogen) atoms. The Hall–Kier alpha value is -1.83. The van der Waals surface area contributed by atoms with Gasteiger partial charge in [-0.05, 0) is 25.1 Å². The summed E-state index contributed by atoms with van der Waals surface area (Å²) in [4.78, 5) is 4.26. The largest absolute Gasteiger partial charge is 0.493 e. The fraction of sp³-hybridized carbons (Fsp3) is 0.154. The van der Waals surface area contributed by atoms with Crippen LogP contribution >= 0.6 is 0 Å². The molecular formula is C13H12NO. The Balaban J connectivity index is 2.43. The predicted molar refractivity (Wildman–Crippen MR) is 59.7 cm³/mol. The van der Waals surface area contributed by atoms with Crippen molar-refractivity contribution < 1.29 is 4.74 Å². The number of rotatable bonds is 3. The molecule has 0 atom stereocenters. The number of hydrogen-bond donors (Lipinski definition) is 0. The van der Waals surface area contributed by atoms with E-state index < -0.39 is 0 Å². The first kappa shape index (κ1) is 9.71. The molecular weight excluding hydrogens is 186 g/mol. The molecule has 1 radical (unpaired) electrons. The van der Waals surface area contributed by atoms with Gasteiger partial charge in [-0.3, -0.25) is 4.98 Å². The van der Waals surface area contributed by atoms with Crippen molar-refractivity contribution in [3.8, 4) is 17.0 Å². The molecule has 0 fully saturated rings. The molecule has 0 spiro atoms. The summed E-state index contributed by atoms with van der Waals surface area (Å²) in [5, 5.41) is 0. The average molecular weight is 198 g/mol. The van der Waals surface area contributed by atoms with Gasteiger partial charge in [-0.2, -0.15) is 0 Å². The molecule has 1 aromatic heterocycles. The molecule has 0 unspecified atom stereocenters. The van der Waals surface area contributed by atoms with E-state index in [1.807, 2.05) is 43.3 Å². The lowest BCUT2D eigenvalue weighted by Crippen LogP contribution is -1.94. The third kappa shape index (κ3) is 2.15. The van der Waals surface area contributed by atoms with Crippen LogP contribution in [0.3, 0.4) is 0 Å². The molecule has 1 heterocycles. The summed E-state index contributed by atoms with van der Waals surface area (Å²) in [5.74, 6) is 0.874. The van der Waals surface area contributed by atoms with Crippen molar-refractivity contribution in [3.05, 3.63) is 48.7 Å². The minimum Gasteiger partial charge on any atom is -0.493 e. The van der Waals surface area contributed by atoms with Gasteiger partial charge in [-0.25, -0.2) is 0 Å². The standard InChI is InChI=1S/C13H12NO/c1-2-15-13-9-4-3-7-11(13)12-8-5-6-10-14-12/h3-5,7-10H,2H2,1H3. The summed E-state index contributed by atoms with van der Waals surface area (Å²) in [6.07, 6.45) is 1.66. The Morgan fingerprint density at radius 2 is 2.13 bits per heavy atom. The maximum Gasteiger partial charge on any atom is 0.128 e. The molecule has 0 saturated heterocycles. The van der Waals surface area contributed by atoms with Crippen LogP contribution in [-0.2, 0) is 0 Å². The van der Waals surface area contributed by atoms with E-state index in [1.54, 1.807) is 6.20 Å². The Morgan fingerprint density at radius 3 is 2.87 bits per heavy atom. The first-order valence-electron chi connectivity index (χ1n) is 4.96. The van der Waals surface area contributed by atoms with Gasteiger partial charge < -0.3 is 4.74 Å². The van der Waals surface area contributed by atoms with Gasteiger partial charge in [0.05, 0.1) is 12.3 Å². The van der Waals surface area contributed by atoms with Crippen molar-refractivity contribution >= 4 is 0 Å². The second-order valence-electron chi connectivity index (χ2n) is 3.07. The molecule has 0 aliphatic heterocycles. The highest BCUT2D eigenvalue weighted by molar-refractivity contribution is 5.66. The Morgan fingerprint density at radius 1 is 1.27 bits per heavy atom. The molecule has 2 nitrogen and oxygen atoms in total. The molecule has 2 rings (SSSR count). The molecule has 0 aliphatic carbocycles. The topological polar surface area (TPSA) is 22.1 Å². The van der Waals surface area contributed by atoms with Gasteiger partial charge in [-0.15, -0.1) is 0 Å². The number of ether oxygens (including phenoxy) is 1. The quantitative estimate of drug-likeness (QED) is 0.756. The number of benzene rings is 1. The van der Waals surface area contributed by atoms with E-state index in [0.29, 0.717) is 6.61 Å². The number of pyridine rings is 1. The number of para-hydroxylation sites is 1. The molecule has 0 N–H and O–H groups in total. The second kappa shape index (κ2) is 4.60. The van der Waals surface area contributed by atoms with Crippen molar-refractivity contribution in [1.29, 1.82) is 0 Å². The van der Waals surface area contributed by atoms with Gasteiger partial charge in [0.15, 0.2) is 0 Å². The molecule has 1 aromatic carbocycles. The highest BCUT2D eigenvalue weighted by Crippen LogP contribution is 2.27. The predicted octanol–water partition coefficient (Wildman–Crippen LogP) is 2.95. The van der Waals surface area contributed by atoms with Crippen molar-refractivity contribution in [2.24, 2.45) is 0 Å². The van der Waals surface area contributed by atoms with Crippen LogP contribution in [0.2, 0.25) is 0 Å². The fourth-order valence-electron chi connectivity index (χ4n) is 1.44. The zero-order valence-electron chi connectivity index (χ0n) is 8.60. The van der Waals surface area contributed by atoms with Crippen molar-refractivity contribution in [3.63, 3.8) is 0 Å². The molecule has 2 heteroatoms. The van der Waals surface area contributed by atoms with Gasteiger partial charge >= 0.3 is 0 Å². The molecule has 0 bridgehead atoms. The van der Waals surface area contributed by atoms with E-state index in [1.165, 1.54) is 0 Å². The summed E-state index contributed by atoms with van der Waals surface area (Å²) in [6, 6.07) is 14.6. The molecule has 0 aliphatic rings. The van der Waals surface area contributed by atoms with Crippen LogP contribution < -0.4 is 4.74 Å². The van der Waals surface area contributed by atoms with Crippen LogP contribution in [-0.4, -0.2) is 11.6 Å². The monoisotopic (exact) mass is 198 g/mol. The minimum atomic E-state index is 0.663. The Labute approximate surface area is 89.6 Å². The van der Waals surface area contributed by atoms with Crippen molar-refractivity contribution in [2.75, 3.05) is 6.61 Å². The maximum atomic E-state index is 5.54. The van der Waals surface area contributed by atoms with E-state index >= 15 is 0 Å². The van der Waals surface area contributed by atoms with Gasteiger partial charge in [0.2, 0.25) is 0 Å². The highest BCUT2D eigenvalue weighted by Gasteiger charge is 2.04. The van der Waals surface area contributed by atoms with Crippen molar-refractivity contribution in [2.45, 2.75) is 6.92 Å². The van der Waals surface area contributed by atoms with E-state index in [-0.39, 0.29) is 0 Å². The van der Waals surface area contributed by atoms with Crippen LogP contribution in [0.5, 0.6) is 5.75 Å². The second-order valence-corrected chi connectivity index (χ2v) is 3.07. The molecule has 0 amide bonds. The van der Waals surface area contributed by atoms with Crippen molar-refractivity contribution in [1.82, 2.24) is 4.98 Å². The Kier molecular flexibility index (Phi) is 2.98. The fourth-order valence-corrected chi connectivity index (χ4v) is 1.44. The zero-order valence-corrected chi connectivity index (χ0v) is 8.60. The average Bonchev–Trinajstić information content (AvgIpc) is 2.31. The lowest BCUT2D eigenvalue weighted by atomic mass is 10.1. The van der Waals surface area contributed by atoms with Crippen LogP contribution in [0.1, 0.15) is 6.92 Å². The highest BCUT2D eigenvalue weighted by atomic mass is 16.5. The normalized spacial score (nSPS) is 9.93. The third-order valence-corrected chi connectivity index (χ3v) is 2.08. The zero-order chi connectivity index (χ0) is 10.5. The molecule has 75 valence electrons. The Bertz CT molecular complexity index is 426.